The Bertz CT molecular complexity index is 967. The lowest BCUT2D eigenvalue weighted by Gasteiger charge is -2.32. The molecule has 14 heteroatoms. The molecule has 14 nitrogen and oxygen atoms in total. The maximum absolute atomic E-state index is 13.2. The molecule has 0 saturated carbocycles. The molecule has 0 aliphatic heterocycles. The number of carbonyl (C=O) groups is 2. The molecule has 2 unspecified atom stereocenters. The first-order valence-electron chi connectivity index (χ1n) is 15.8. The van der Waals surface area contributed by atoms with E-state index in [1.807, 2.05) is 27.7 Å². The molecule has 0 saturated heterocycles. The molecule has 0 bridgehead atoms. The van der Waals surface area contributed by atoms with Crippen molar-refractivity contribution < 1.29 is 47.9 Å². The van der Waals surface area contributed by atoms with Crippen LogP contribution in [0.5, 0.6) is 0 Å². The fraction of sp³-hybridized carbons (Fsp3) is 0.875. The molecule has 0 radical (unpaired) electrons. The lowest BCUT2D eigenvalue weighted by Crippen LogP contribution is -2.45. The first-order valence-corrected chi connectivity index (χ1v) is 15.8. The number of methoxy groups -OCH3 is 1. The van der Waals surface area contributed by atoms with E-state index in [1.165, 1.54) is 6.92 Å². The number of carbonyl (C=O) groups excluding carboxylic acids is 2. The van der Waals surface area contributed by atoms with Crippen LogP contribution in [0.4, 0.5) is 0 Å². The van der Waals surface area contributed by atoms with E-state index >= 15 is 0 Å². The second-order valence-corrected chi connectivity index (χ2v) is 13.7. The van der Waals surface area contributed by atoms with E-state index in [1.54, 1.807) is 41.7 Å². The minimum absolute atomic E-state index is 0.0210. The van der Waals surface area contributed by atoms with E-state index in [4.69, 9.17) is 50.0 Å². The van der Waals surface area contributed by atoms with Crippen molar-refractivity contribution >= 4 is 23.8 Å². The zero-order valence-electron chi connectivity index (χ0n) is 30.0. The van der Waals surface area contributed by atoms with Gasteiger partial charge in [-0.3, -0.25) is 15.2 Å². The summed E-state index contributed by atoms with van der Waals surface area (Å²) in [5.74, 6) is -1.91. The van der Waals surface area contributed by atoms with E-state index in [-0.39, 0.29) is 30.9 Å². The van der Waals surface area contributed by atoms with Gasteiger partial charge < -0.3 is 49.7 Å². The molecule has 0 aromatic carbocycles. The maximum atomic E-state index is 13.2. The van der Waals surface area contributed by atoms with Crippen LogP contribution in [0.1, 0.15) is 94.9 Å². The number of unbranched alkanes of at least 4 members (excludes halogenated alkanes) is 1. The molecular formula is C32H62N4O10. The highest BCUT2D eigenvalue weighted by molar-refractivity contribution is 5.81. The van der Waals surface area contributed by atoms with Gasteiger partial charge in [0.2, 0.25) is 5.90 Å². The molecule has 46 heavy (non-hydrogen) atoms. The SMILES string of the molecule is COC(C)(C)CCOC(C)(C)CCOC(C)(C)C(=O)OCC(C)(COC(=N)C(O)[C@H](C)OC(C)C)C(=O)OCCCCN=C(N)N. The summed E-state index contributed by atoms with van der Waals surface area (Å²) in [7, 11) is 1.66. The second-order valence-electron chi connectivity index (χ2n) is 13.7. The van der Waals surface area contributed by atoms with Crippen molar-refractivity contribution in [1.29, 1.82) is 5.41 Å². The topological polar surface area (TPSA) is 207 Å². The van der Waals surface area contributed by atoms with Crippen molar-refractivity contribution in [1.82, 2.24) is 0 Å². The Morgan fingerprint density at radius 2 is 1.37 bits per heavy atom. The Morgan fingerprint density at radius 3 is 1.93 bits per heavy atom. The predicted molar refractivity (Wildman–Crippen MR) is 176 cm³/mol. The smallest absolute Gasteiger partial charge is 0.337 e. The highest BCUT2D eigenvalue weighted by Crippen LogP contribution is 2.25. The van der Waals surface area contributed by atoms with Crippen LogP contribution in [0.15, 0.2) is 4.99 Å². The van der Waals surface area contributed by atoms with Crippen LogP contribution >= 0.6 is 0 Å². The Kier molecular flexibility index (Phi) is 18.9. The molecule has 0 fully saturated rings. The third-order valence-electron chi connectivity index (χ3n) is 7.25. The molecule has 0 aliphatic carbocycles. The van der Waals surface area contributed by atoms with Crippen LogP contribution in [-0.4, -0.2) is 111 Å². The standard InChI is InChI=1S/C32H62N4O10/c1-22(2)46-23(3)24(37)25(33)42-20-32(10,27(39)41-17-13-12-16-36-28(34)35)21-43-26(38)31(8,9)45-19-15-30(6,7)44-18-14-29(4,5)40-11/h22-24,33,37H,12-21H2,1-11H3,(H4,34,35,36)/t23-,24?,32?/m0/s1. The van der Waals surface area contributed by atoms with Gasteiger partial charge >= 0.3 is 11.9 Å². The number of ether oxygens (including phenoxy) is 7. The Morgan fingerprint density at radius 1 is 0.804 bits per heavy atom. The van der Waals surface area contributed by atoms with E-state index in [9.17, 15) is 14.7 Å². The average Bonchev–Trinajstić information content (AvgIpc) is 2.94. The van der Waals surface area contributed by atoms with Crippen LogP contribution in [0.25, 0.3) is 0 Å². The van der Waals surface area contributed by atoms with Crippen LogP contribution in [0.3, 0.4) is 0 Å². The van der Waals surface area contributed by atoms with Gasteiger partial charge in [-0.25, -0.2) is 4.79 Å². The van der Waals surface area contributed by atoms with Gasteiger partial charge in [-0.05, 0) is 94.9 Å². The third-order valence-corrected chi connectivity index (χ3v) is 7.25. The second kappa shape index (κ2) is 20.0. The summed E-state index contributed by atoms with van der Waals surface area (Å²) in [4.78, 5) is 30.2. The van der Waals surface area contributed by atoms with Gasteiger partial charge in [0.25, 0.3) is 0 Å². The van der Waals surface area contributed by atoms with Crippen LogP contribution in [-0.2, 0) is 42.7 Å². The van der Waals surface area contributed by atoms with E-state index in [0.717, 1.165) is 6.42 Å². The highest BCUT2D eigenvalue weighted by atomic mass is 16.6. The highest BCUT2D eigenvalue weighted by Gasteiger charge is 2.41. The van der Waals surface area contributed by atoms with Crippen molar-refractivity contribution in [2.45, 2.75) is 130 Å². The molecule has 0 aromatic heterocycles. The van der Waals surface area contributed by atoms with Gasteiger partial charge in [-0.2, -0.15) is 0 Å². The van der Waals surface area contributed by atoms with Gasteiger partial charge in [0.1, 0.15) is 18.6 Å². The number of aliphatic hydroxyl groups excluding tert-OH is 1. The fourth-order valence-corrected chi connectivity index (χ4v) is 3.72. The maximum Gasteiger partial charge on any atom is 0.337 e. The first kappa shape index (κ1) is 43.5. The van der Waals surface area contributed by atoms with Crippen LogP contribution in [0.2, 0.25) is 0 Å². The first-order chi connectivity index (χ1) is 21.1. The fourth-order valence-electron chi connectivity index (χ4n) is 3.72. The van der Waals surface area contributed by atoms with Gasteiger partial charge in [-0.1, -0.05) is 0 Å². The number of guanidine groups is 1. The number of nitrogens with zero attached hydrogens (tertiary/aromatic N) is 1. The Balaban J connectivity index is 5.32. The van der Waals surface area contributed by atoms with E-state index in [2.05, 4.69) is 4.99 Å². The van der Waals surface area contributed by atoms with Crippen molar-refractivity contribution in [2.75, 3.05) is 46.7 Å². The predicted octanol–water partition coefficient (Wildman–Crippen LogP) is 3.10. The molecule has 0 amide bonds. The van der Waals surface area contributed by atoms with Crippen molar-refractivity contribution in [3.63, 3.8) is 0 Å². The number of hydrogen-bond donors (Lipinski definition) is 4. The van der Waals surface area contributed by atoms with E-state index in [0.29, 0.717) is 32.4 Å². The lowest BCUT2D eigenvalue weighted by molar-refractivity contribution is -0.179. The van der Waals surface area contributed by atoms with Gasteiger partial charge in [-0.15, -0.1) is 0 Å². The number of nitrogens with two attached hydrogens (primary N) is 2. The van der Waals surface area contributed by atoms with Gasteiger partial charge in [0.15, 0.2) is 17.7 Å². The number of rotatable bonds is 24. The number of aliphatic hydroxyl groups is 1. The van der Waals surface area contributed by atoms with Crippen molar-refractivity contribution in [3.8, 4) is 0 Å². The monoisotopic (exact) mass is 662 g/mol. The van der Waals surface area contributed by atoms with Gasteiger partial charge in [0.05, 0.1) is 43.2 Å². The number of aliphatic imine (C=N–C) groups is 1. The zero-order chi connectivity index (χ0) is 35.8. The lowest BCUT2D eigenvalue weighted by atomic mass is 9.93. The molecule has 270 valence electrons. The number of esters is 2. The molecule has 0 heterocycles. The summed E-state index contributed by atoms with van der Waals surface area (Å²) in [6.45, 7) is 18.1. The number of hydrogen-bond acceptors (Lipinski definition) is 12. The third kappa shape index (κ3) is 18.0. The largest absolute Gasteiger partial charge is 0.478 e. The zero-order valence-corrected chi connectivity index (χ0v) is 30.0. The summed E-state index contributed by atoms with van der Waals surface area (Å²) in [5, 5.41) is 18.6. The summed E-state index contributed by atoms with van der Waals surface area (Å²) in [6, 6.07) is 0. The van der Waals surface area contributed by atoms with Crippen molar-refractivity contribution in [2.24, 2.45) is 21.9 Å². The summed E-state index contributed by atoms with van der Waals surface area (Å²) in [5.41, 5.74) is 7.02. The van der Waals surface area contributed by atoms with Crippen molar-refractivity contribution in [3.05, 3.63) is 0 Å². The minimum atomic E-state index is -1.51. The molecular weight excluding hydrogens is 600 g/mol. The molecule has 0 aromatic rings. The minimum Gasteiger partial charge on any atom is -0.478 e. The Hall–Kier alpha value is -2.52. The van der Waals surface area contributed by atoms with Gasteiger partial charge in [0, 0.05) is 13.7 Å². The molecule has 6 N–H and O–H groups in total. The molecule has 3 atom stereocenters. The quantitative estimate of drug-likeness (QED) is 0.0509. The normalized spacial score (nSPS) is 15.1. The van der Waals surface area contributed by atoms with Crippen LogP contribution < -0.4 is 11.5 Å². The average molecular weight is 663 g/mol. The summed E-state index contributed by atoms with van der Waals surface area (Å²) < 4.78 is 39.4. The molecule has 0 aliphatic rings. The summed E-state index contributed by atoms with van der Waals surface area (Å²) >= 11 is 0. The molecule has 0 spiro atoms. The van der Waals surface area contributed by atoms with E-state index < -0.39 is 59.9 Å². The Labute approximate surface area is 275 Å². The van der Waals surface area contributed by atoms with Crippen LogP contribution in [0, 0.1) is 10.8 Å². The number of nitrogens with one attached hydrogen (secondary N) is 1. The summed E-state index contributed by atoms with van der Waals surface area (Å²) in [6.07, 6.45) is 0.0344. The molecule has 0 rings (SSSR count).